The van der Waals surface area contributed by atoms with Gasteiger partial charge in [-0.05, 0) is 42.3 Å². The van der Waals surface area contributed by atoms with Gasteiger partial charge in [-0.25, -0.2) is 5.43 Å². The standard InChI is InChI=1S/C13H14ClN3/c1-9-5-6-16-12(7-9)13(17-15)10-3-2-4-11(14)8-10/h2-8,13,17H,15H2,1H3. The summed E-state index contributed by atoms with van der Waals surface area (Å²) in [6, 6.07) is 11.4. The van der Waals surface area contributed by atoms with Crippen LogP contribution in [-0.4, -0.2) is 4.98 Å². The molecule has 3 nitrogen and oxygen atoms in total. The molecule has 0 bridgehead atoms. The molecule has 88 valence electrons. The number of halogens is 1. The average Bonchev–Trinajstić information content (AvgIpc) is 2.30. The fraction of sp³-hybridized carbons (Fsp3) is 0.154. The molecular formula is C13H14ClN3. The van der Waals surface area contributed by atoms with Gasteiger partial charge in [0.1, 0.15) is 0 Å². The first-order chi connectivity index (χ1) is 8.20. The normalized spacial score (nSPS) is 12.4. The highest BCUT2D eigenvalue weighted by molar-refractivity contribution is 6.30. The maximum Gasteiger partial charge on any atom is 0.0882 e. The number of nitrogens with two attached hydrogens (primary N) is 1. The molecule has 0 amide bonds. The fourth-order valence-corrected chi connectivity index (χ4v) is 1.95. The molecule has 0 radical (unpaired) electrons. The molecule has 1 unspecified atom stereocenters. The Labute approximate surface area is 106 Å². The maximum atomic E-state index is 5.98. The van der Waals surface area contributed by atoms with Crippen molar-refractivity contribution in [2.45, 2.75) is 13.0 Å². The van der Waals surface area contributed by atoms with Crippen LogP contribution in [0.15, 0.2) is 42.6 Å². The number of nitrogens with zero attached hydrogens (tertiary/aromatic N) is 1. The van der Waals surface area contributed by atoms with Crippen molar-refractivity contribution in [1.82, 2.24) is 10.4 Å². The molecule has 17 heavy (non-hydrogen) atoms. The fourth-order valence-electron chi connectivity index (χ4n) is 1.76. The first kappa shape index (κ1) is 12.0. The summed E-state index contributed by atoms with van der Waals surface area (Å²) in [4.78, 5) is 4.33. The largest absolute Gasteiger partial charge is 0.271 e. The number of hydrogen-bond donors (Lipinski definition) is 2. The molecule has 0 saturated heterocycles. The zero-order valence-corrected chi connectivity index (χ0v) is 10.3. The SMILES string of the molecule is Cc1ccnc(C(NN)c2cccc(Cl)c2)c1. The van der Waals surface area contributed by atoms with Crippen LogP contribution in [0.25, 0.3) is 0 Å². The van der Waals surface area contributed by atoms with Crippen molar-refractivity contribution in [3.63, 3.8) is 0 Å². The van der Waals surface area contributed by atoms with E-state index in [4.69, 9.17) is 17.4 Å². The van der Waals surface area contributed by atoms with Crippen molar-refractivity contribution >= 4 is 11.6 Å². The Morgan fingerprint density at radius 1 is 1.29 bits per heavy atom. The molecule has 0 fully saturated rings. The third-order valence-electron chi connectivity index (χ3n) is 2.58. The van der Waals surface area contributed by atoms with Gasteiger partial charge >= 0.3 is 0 Å². The average molecular weight is 248 g/mol. The van der Waals surface area contributed by atoms with Crippen molar-refractivity contribution in [3.8, 4) is 0 Å². The van der Waals surface area contributed by atoms with E-state index >= 15 is 0 Å². The van der Waals surface area contributed by atoms with Crippen LogP contribution in [0.4, 0.5) is 0 Å². The summed E-state index contributed by atoms with van der Waals surface area (Å²) in [5.74, 6) is 5.60. The zero-order valence-electron chi connectivity index (χ0n) is 9.52. The summed E-state index contributed by atoms with van der Waals surface area (Å²) in [5.41, 5.74) is 5.80. The Morgan fingerprint density at radius 2 is 2.12 bits per heavy atom. The highest BCUT2D eigenvalue weighted by Crippen LogP contribution is 2.22. The van der Waals surface area contributed by atoms with E-state index in [2.05, 4.69) is 10.4 Å². The van der Waals surface area contributed by atoms with Crippen LogP contribution in [0, 0.1) is 6.92 Å². The Kier molecular flexibility index (Phi) is 3.74. The van der Waals surface area contributed by atoms with E-state index in [9.17, 15) is 0 Å². The summed E-state index contributed by atoms with van der Waals surface area (Å²) >= 11 is 5.98. The topological polar surface area (TPSA) is 50.9 Å². The lowest BCUT2D eigenvalue weighted by Gasteiger charge is -2.16. The van der Waals surface area contributed by atoms with E-state index in [1.807, 2.05) is 43.3 Å². The van der Waals surface area contributed by atoms with Gasteiger partial charge in [-0.3, -0.25) is 10.8 Å². The smallest absolute Gasteiger partial charge is 0.0882 e. The minimum atomic E-state index is -0.145. The Balaban J connectivity index is 2.40. The van der Waals surface area contributed by atoms with Gasteiger partial charge in [-0.2, -0.15) is 0 Å². The molecule has 2 rings (SSSR count). The third kappa shape index (κ3) is 2.82. The number of nitrogens with one attached hydrogen (secondary N) is 1. The minimum Gasteiger partial charge on any atom is -0.271 e. The predicted molar refractivity (Wildman–Crippen MR) is 69.6 cm³/mol. The van der Waals surface area contributed by atoms with Crippen molar-refractivity contribution in [2.24, 2.45) is 5.84 Å². The molecule has 3 N–H and O–H groups in total. The Hall–Kier alpha value is -1.42. The van der Waals surface area contributed by atoms with Crippen LogP contribution in [0.3, 0.4) is 0 Å². The second-order valence-electron chi connectivity index (χ2n) is 3.91. The van der Waals surface area contributed by atoms with E-state index in [1.54, 1.807) is 6.20 Å². The van der Waals surface area contributed by atoms with E-state index < -0.39 is 0 Å². The van der Waals surface area contributed by atoms with Crippen molar-refractivity contribution < 1.29 is 0 Å². The van der Waals surface area contributed by atoms with Crippen LogP contribution < -0.4 is 11.3 Å². The van der Waals surface area contributed by atoms with Gasteiger partial charge in [0.25, 0.3) is 0 Å². The van der Waals surface area contributed by atoms with Crippen molar-refractivity contribution in [2.75, 3.05) is 0 Å². The molecule has 1 aromatic heterocycles. The monoisotopic (exact) mass is 247 g/mol. The van der Waals surface area contributed by atoms with Gasteiger partial charge in [0, 0.05) is 11.2 Å². The predicted octanol–water partition coefficient (Wildman–Crippen LogP) is 2.60. The van der Waals surface area contributed by atoms with Crippen molar-refractivity contribution in [1.29, 1.82) is 0 Å². The second kappa shape index (κ2) is 5.27. The van der Waals surface area contributed by atoms with Crippen LogP contribution >= 0.6 is 11.6 Å². The lowest BCUT2D eigenvalue weighted by atomic mass is 10.0. The van der Waals surface area contributed by atoms with Crippen LogP contribution in [-0.2, 0) is 0 Å². The lowest BCUT2D eigenvalue weighted by molar-refractivity contribution is 0.620. The number of aromatic nitrogens is 1. The molecule has 0 aliphatic carbocycles. The minimum absolute atomic E-state index is 0.145. The van der Waals surface area contributed by atoms with Gasteiger partial charge in [0.05, 0.1) is 11.7 Å². The van der Waals surface area contributed by atoms with Crippen LogP contribution in [0.2, 0.25) is 5.02 Å². The van der Waals surface area contributed by atoms with E-state index in [0.29, 0.717) is 5.02 Å². The Bertz CT molecular complexity index is 468. The summed E-state index contributed by atoms with van der Waals surface area (Å²) in [7, 11) is 0. The quantitative estimate of drug-likeness (QED) is 0.648. The molecular weight excluding hydrogens is 234 g/mol. The zero-order chi connectivity index (χ0) is 12.3. The summed E-state index contributed by atoms with van der Waals surface area (Å²) in [6.45, 7) is 2.02. The summed E-state index contributed by atoms with van der Waals surface area (Å²) in [6.07, 6.45) is 1.78. The van der Waals surface area contributed by atoms with Crippen molar-refractivity contribution in [3.05, 3.63) is 64.4 Å². The third-order valence-corrected chi connectivity index (χ3v) is 2.82. The number of benzene rings is 1. The molecule has 1 heterocycles. The van der Waals surface area contributed by atoms with E-state index in [-0.39, 0.29) is 6.04 Å². The molecule has 1 atom stereocenters. The van der Waals surface area contributed by atoms with Gasteiger partial charge in [-0.15, -0.1) is 0 Å². The first-order valence-corrected chi connectivity index (χ1v) is 5.72. The molecule has 2 aromatic rings. The molecule has 0 saturated carbocycles. The lowest BCUT2D eigenvalue weighted by Crippen LogP contribution is -2.29. The number of aryl methyl sites for hydroxylation is 1. The Morgan fingerprint density at radius 3 is 2.76 bits per heavy atom. The number of pyridine rings is 1. The molecule has 0 spiro atoms. The highest BCUT2D eigenvalue weighted by Gasteiger charge is 2.13. The van der Waals surface area contributed by atoms with Gasteiger partial charge in [0.15, 0.2) is 0 Å². The van der Waals surface area contributed by atoms with E-state index in [1.165, 1.54) is 0 Å². The number of hydrogen-bond acceptors (Lipinski definition) is 3. The highest BCUT2D eigenvalue weighted by atomic mass is 35.5. The molecule has 0 aliphatic heterocycles. The van der Waals surface area contributed by atoms with Gasteiger partial charge in [-0.1, -0.05) is 23.7 Å². The number of hydrazine groups is 1. The molecule has 1 aromatic carbocycles. The molecule has 4 heteroatoms. The second-order valence-corrected chi connectivity index (χ2v) is 4.35. The number of rotatable bonds is 3. The van der Waals surface area contributed by atoms with E-state index in [0.717, 1.165) is 16.8 Å². The van der Waals surface area contributed by atoms with Crippen LogP contribution in [0.1, 0.15) is 22.9 Å². The first-order valence-electron chi connectivity index (χ1n) is 5.35. The summed E-state index contributed by atoms with van der Waals surface area (Å²) in [5, 5.41) is 0.690. The van der Waals surface area contributed by atoms with Crippen LogP contribution in [0.5, 0.6) is 0 Å². The summed E-state index contributed by atoms with van der Waals surface area (Å²) < 4.78 is 0. The van der Waals surface area contributed by atoms with Gasteiger partial charge in [0.2, 0.25) is 0 Å². The van der Waals surface area contributed by atoms with Gasteiger partial charge < -0.3 is 0 Å². The maximum absolute atomic E-state index is 5.98. The molecule has 0 aliphatic rings.